The average molecular weight is 347 g/mol. The monoisotopic (exact) mass is 346 g/mol. The highest BCUT2D eigenvalue weighted by Gasteiger charge is 2.14. The van der Waals surface area contributed by atoms with Gasteiger partial charge in [-0.1, -0.05) is 11.6 Å². The van der Waals surface area contributed by atoms with Crippen molar-refractivity contribution in [3.8, 4) is 11.6 Å². The molecule has 124 valence electrons. The highest BCUT2D eigenvalue weighted by atomic mass is 35.5. The first-order chi connectivity index (χ1) is 11.5. The minimum atomic E-state index is -0.205. The molecule has 1 amide bonds. The number of carbonyl (C=O) groups is 1. The molecule has 0 bridgehead atoms. The maximum absolute atomic E-state index is 11.1. The van der Waals surface area contributed by atoms with E-state index in [-0.39, 0.29) is 12.5 Å². The molecule has 0 saturated heterocycles. The topological polar surface area (TPSA) is 89.3 Å². The molecule has 0 aliphatic rings. The van der Waals surface area contributed by atoms with Crippen molar-refractivity contribution in [3.05, 3.63) is 41.3 Å². The molecule has 0 aliphatic heterocycles. The predicted molar refractivity (Wildman–Crippen MR) is 90.3 cm³/mol. The summed E-state index contributed by atoms with van der Waals surface area (Å²) in [6.45, 7) is 1.30. The van der Waals surface area contributed by atoms with Gasteiger partial charge in [-0.15, -0.1) is 0 Å². The Balaban J connectivity index is 1.97. The van der Waals surface area contributed by atoms with Gasteiger partial charge >= 0.3 is 0 Å². The number of carbonyl (C=O) groups excluding carboxylic acids is 1. The van der Waals surface area contributed by atoms with Crippen molar-refractivity contribution < 1.29 is 14.6 Å². The predicted octanol–water partition coefficient (Wildman–Crippen LogP) is 2.86. The number of aromatic nitrogens is 3. The first-order valence-electron chi connectivity index (χ1n) is 7.14. The van der Waals surface area contributed by atoms with Gasteiger partial charge in [-0.2, -0.15) is 4.98 Å². The van der Waals surface area contributed by atoms with Crippen LogP contribution in [0.1, 0.15) is 12.6 Å². The van der Waals surface area contributed by atoms with Crippen LogP contribution in [0.4, 0.5) is 5.69 Å². The number of aryl methyl sites for hydroxylation is 1. The fourth-order valence-corrected chi connectivity index (χ4v) is 2.60. The summed E-state index contributed by atoms with van der Waals surface area (Å²) in [6, 6.07) is 6.70. The Bertz CT molecular complexity index is 923. The lowest BCUT2D eigenvalue weighted by Gasteiger charge is -2.10. The molecule has 1 aromatic carbocycles. The van der Waals surface area contributed by atoms with Gasteiger partial charge in [-0.25, -0.2) is 4.98 Å². The zero-order chi connectivity index (χ0) is 17.3. The van der Waals surface area contributed by atoms with E-state index in [1.165, 1.54) is 13.3 Å². The minimum Gasteiger partial charge on any atom is -0.437 e. The third-order valence-electron chi connectivity index (χ3n) is 3.51. The first-order valence-corrected chi connectivity index (χ1v) is 7.52. The van der Waals surface area contributed by atoms with Gasteiger partial charge in [0.1, 0.15) is 17.6 Å². The van der Waals surface area contributed by atoms with Crippen molar-refractivity contribution in [2.45, 2.75) is 13.5 Å². The number of ether oxygens (including phenoxy) is 1. The summed E-state index contributed by atoms with van der Waals surface area (Å²) in [5.74, 6) is 0.620. The summed E-state index contributed by atoms with van der Waals surface area (Å²) in [5, 5.41) is 12.4. The van der Waals surface area contributed by atoms with Crippen LogP contribution < -0.4 is 10.1 Å². The van der Waals surface area contributed by atoms with Crippen LogP contribution in [0, 0.1) is 0 Å². The van der Waals surface area contributed by atoms with E-state index in [4.69, 9.17) is 16.3 Å². The fraction of sp³-hybridized carbons (Fsp3) is 0.188. The molecule has 0 saturated carbocycles. The van der Waals surface area contributed by atoms with E-state index in [1.807, 2.05) is 0 Å². The zero-order valence-corrected chi connectivity index (χ0v) is 13.8. The number of nitrogens with zero attached hydrogens (tertiary/aromatic N) is 3. The molecular formula is C16H15ClN4O3. The standard InChI is InChI=1S/C16H15ClN4O3/c1-9(23)20-13-4-3-11(6-12(13)17)24-16-15-14(18-8-19-16)5-10(7-22)21(15)2/h3-6,8,22H,7H2,1-2H3,(H,20,23). The van der Waals surface area contributed by atoms with E-state index in [0.717, 1.165) is 0 Å². The number of hydrogen-bond acceptors (Lipinski definition) is 5. The van der Waals surface area contributed by atoms with Crippen molar-refractivity contribution in [2.75, 3.05) is 5.32 Å². The van der Waals surface area contributed by atoms with Crippen molar-refractivity contribution in [2.24, 2.45) is 7.05 Å². The van der Waals surface area contributed by atoms with Crippen molar-refractivity contribution >= 4 is 34.2 Å². The Morgan fingerprint density at radius 2 is 2.17 bits per heavy atom. The van der Waals surface area contributed by atoms with Crippen LogP contribution in [0.15, 0.2) is 30.6 Å². The van der Waals surface area contributed by atoms with Crippen LogP contribution in [-0.4, -0.2) is 25.5 Å². The molecule has 24 heavy (non-hydrogen) atoms. The summed E-state index contributed by atoms with van der Waals surface area (Å²) in [5.41, 5.74) is 2.55. The SMILES string of the molecule is CC(=O)Nc1ccc(Oc2ncnc3cc(CO)n(C)c23)cc1Cl. The molecular weight excluding hydrogens is 332 g/mol. The summed E-state index contributed by atoms with van der Waals surface area (Å²) in [4.78, 5) is 19.5. The number of fused-ring (bicyclic) bond motifs is 1. The molecule has 3 rings (SSSR count). The second kappa shape index (κ2) is 6.46. The van der Waals surface area contributed by atoms with E-state index >= 15 is 0 Å². The van der Waals surface area contributed by atoms with Crippen molar-refractivity contribution in [1.82, 2.24) is 14.5 Å². The first kappa shape index (κ1) is 16.2. The van der Waals surface area contributed by atoms with Crippen LogP contribution in [0.25, 0.3) is 11.0 Å². The zero-order valence-electron chi connectivity index (χ0n) is 13.1. The van der Waals surface area contributed by atoms with Crippen LogP contribution >= 0.6 is 11.6 Å². The third-order valence-corrected chi connectivity index (χ3v) is 3.83. The van der Waals surface area contributed by atoms with Gasteiger partial charge in [-0.05, 0) is 18.2 Å². The second-order valence-corrected chi connectivity index (χ2v) is 5.60. The number of anilines is 1. The largest absolute Gasteiger partial charge is 0.437 e. The summed E-state index contributed by atoms with van der Waals surface area (Å²) in [6.07, 6.45) is 1.39. The Labute approximate surface area is 142 Å². The molecule has 0 radical (unpaired) electrons. The highest BCUT2D eigenvalue weighted by Crippen LogP contribution is 2.32. The molecule has 0 unspecified atom stereocenters. The van der Waals surface area contributed by atoms with Crippen molar-refractivity contribution in [3.63, 3.8) is 0 Å². The van der Waals surface area contributed by atoms with Gasteiger partial charge in [0.05, 0.1) is 22.8 Å². The lowest BCUT2D eigenvalue weighted by atomic mass is 10.3. The Morgan fingerprint density at radius 1 is 1.38 bits per heavy atom. The Morgan fingerprint density at radius 3 is 2.83 bits per heavy atom. The Hall–Kier alpha value is -2.64. The quantitative estimate of drug-likeness (QED) is 0.758. The number of amides is 1. The Kier molecular flexibility index (Phi) is 4.37. The maximum atomic E-state index is 11.1. The van der Waals surface area contributed by atoms with E-state index in [1.54, 1.807) is 35.9 Å². The number of benzene rings is 1. The molecule has 0 aliphatic carbocycles. The molecule has 2 heterocycles. The molecule has 0 fully saturated rings. The van der Waals surface area contributed by atoms with E-state index in [0.29, 0.717) is 39.1 Å². The molecule has 7 nitrogen and oxygen atoms in total. The maximum Gasteiger partial charge on any atom is 0.247 e. The van der Waals surface area contributed by atoms with Gasteiger partial charge in [0.25, 0.3) is 0 Å². The van der Waals surface area contributed by atoms with Crippen LogP contribution in [0.5, 0.6) is 11.6 Å². The van der Waals surface area contributed by atoms with Gasteiger partial charge in [0.2, 0.25) is 11.8 Å². The van der Waals surface area contributed by atoms with E-state index < -0.39 is 0 Å². The number of halogens is 1. The molecule has 2 N–H and O–H groups in total. The van der Waals surface area contributed by atoms with Gasteiger partial charge in [0.15, 0.2) is 0 Å². The summed E-state index contributed by atoms with van der Waals surface area (Å²) < 4.78 is 7.60. The van der Waals surface area contributed by atoms with E-state index in [9.17, 15) is 9.90 Å². The number of aliphatic hydroxyl groups excluding tert-OH is 1. The minimum absolute atomic E-state index is 0.108. The second-order valence-electron chi connectivity index (χ2n) is 5.19. The number of rotatable bonds is 4. The highest BCUT2D eigenvalue weighted by molar-refractivity contribution is 6.33. The van der Waals surface area contributed by atoms with Crippen LogP contribution in [0.2, 0.25) is 5.02 Å². The molecule has 2 aromatic heterocycles. The number of aliphatic hydroxyl groups is 1. The smallest absolute Gasteiger partial charge is 0.247 e. The fourth-order valence-electron chi connectivity index (χ4n) is 2.38. The van der Waals surface area contributed by atoms with Crippen molar-refractivity contribution in [1.29, 1.82) is 0 Å². The summed E-state index contributed by atoms with van der Waals surface area (Å²) in [7, 11) is 1.80. The molecule has 8 heteroatoms. The summed E-state index contributed by atoms with van der Waals surface area (Å²) >= 11 is 6.15. The number of nitrogens with one attached hydrogen (secondary N) is 1. The van der Waals surface area contributed by atoms with Gasteiger partial charge in [-0.3, -0.25) is 4.79 Å². The van der Waals surface area contributed by atoms with Gasteiger partial charge in [0, 0.05) is 25.7 Å². The number of hydrogen-bond donors (Lipinski definition) is 2. The van der Waals surface area contributed by atoms with E-state index in [2.05, 4.69) is 15.3 Å². The lowest BCUT2D eigenvalue weighted by Crippen LogP contribution is -2.06. The molecule has 0 atom stereocenters. The van der Waals surface area contributed by atoms with Gasteiger partial charge < -0.3 is 19.7 Å². The molecule has 3 aromatic rings. The third kappa shape index (κ3) is 3.04. The van der Waals surface area contributed by atoms with Crippen LogP contribution in [-0.2, 0) is 18.4 Å². The normalized spacial score (nSPS) is 10.8. The van der Waals surface area contributed by atoms with Crippen LogP contribution in [0.3, 0.4) is 0 Å². The molecule has 0 spiro atoms. The average Bonchev–Trinajstić information content (AvgIpc) is 2.87. The lowest BCUT2D eigenvalue weighted by molar-refractivity contribution is -0.114.